The minimum Gasteiger partial charge on any atom is -0.354 e. The predicted molar refractivity (Wildman–Crippen MR) is 73.3 cm³/mol. The molecule has 3 nitrogen and oxygen atoms in total. The second-order valence-corrected chi connectivity index (χ2v) is 4.48. The summed E-state index contributed by atoms with van der Waals surface area (Å²) in [5.74, 6) is 0.0756. The molecule has 0 spiro atoms. The molecule has 1 heterocycles. The highest BCUT2D eigenvalue weighted by molar-refractivity contribution is 5.83. The lowest BCUT2D eigenvalue weighted by Gasteiger charge is -2.25. The van der Waals surface area contributed by atoms with Crippen molar-refractivity contribution in [2.75, 3.05) is 13.1 Å². The highest BCUT2D eigenvalue weighted by atomic mass is 16.2. The molecule has 2 rings (SSSR count). The molecule has 1 unspecified atom stereocenters. The first-order valence-corrected chi connectivity index (χ1v) is 6.53. The number of carbonyl (C=O) groups is 1. The van der Waals surface area contributed by atoms with Crippen LogP contribution in [0.3, 0.4) is 0 Å². The molecule has 0 aromatic heterocycles. The molecule has 1 aliphatic rings. The van der Waals surface area contributed by atoms with Gasteiger partial charge in [0.05, 0.1) is 0 Å². The average molecular weight is 244 g/mol. The van der Waals surface area contributed by atoms with E-state index in [0.29, 0.717) is 6.54 Å². The summed E-state index contributed by atoms with van der Waals surface area (Å²) in [6, 6.07) is 7.98. The van der Waals surface area contributed by atoms with Crippen molar-refractivity contribution in [1.82, 2.24) is 10.6 Å². The molecule has 1 atom stereocenters. The zero-order valence-electron chi connectivity index (χ0n) is 10.8. The molecule has 0 saturated carbocycles. The minimum atomic E-state index is -0.194. The average Bonchev–Trinajstić information content (AvgIpc) is 2.43. The Kier molecular flexibility index (Phi) is 4.53. The van der Waals surface area contributed by atoms with Gasteiger partial charge in [0.15, 0.2) is 0 Å². The van der Waals surface area contributed by atoms with Crippen LogP contribution in [0.15, 0.2) is 36.4 Å². The number of rotatable bonds is 4. The van der Waals surface area contributed by atoms with Crippen molar-refractivity contribution in [3.05, 3.63) is 47.5 Å². The number of fused-ring (bicyclic) bond motifs is 1. The zero-order chi connectivity index (χ0) is 12.8. The van der Waals surface area contributed by atoms with E-state index in [1.807, 2.05) is 31.2 Å². The SMILES string of the molecule is C/C=C/CCNC(=O)C1NCCc2ccccc21. The molecule has 0 aliphatic carbocycles. The second kappa shape index (κ2) is 6.36. The first-order valence-electron chi connectivity index (χ1n) is 6.53. The first kappa shape index (κ1) is 12.8. The van der Waals surface area contributed by atoms with E-state index in [4.69, 9.17) is 0 Å². The Balaban J connectivity index is 1.99. The van der Waals surface area contributed by atoms with Crippen molar-refractivity contribution in [2.45, 2.75) is 25.8 Å². The maximum atomic E-state index is 12.1. The van der Waals surface area contributed by atoms with E-state index in [1.165, 1.54) is 5.56 Å². The molecule has 1 amide bonds. The Labute approximate surface area is 108 Å². The fourth-order valence-corrected chi connectivity index (χ4v) is 2.29. The van der Waals surface area contributed by atoms with E-state index < -0.39 is 0 Å². The molecule has 18 heavy (non-hydrogen) atoms. The third-order valence-electron chi connectivity index (χ3n) is 3.22. The van der Waals surface area contributed by atoms with Gasteiger partial charge in [-0.3, -0.25) is 4.79 Å². The van der Waals surface area contributed by atoms with Crippen molar-refractivity contribution in [2.24, 2.45) is 0 Å². The summed E-state index contributed by atoms with van der Waals surface area (Å²) < 4.78 is 0. The van der Waals surface area contributed by atoms with Crippen LogP contribution in [-0.2, 0) is 11.2 Å². The number of amides is 1. The summed E-state index contributed by atoms with van der Waals surface area (Å²) in [6.07, 6.45) is 5.94. The maximum Gasteiger partial charge on any atom is 0.241 e. The maximum absolute atomic E-state index is 12.1. The summed E-state index contributed by atoms with van der Waals surface area (Å²) in [7, 11) is 0. The number of hydrogen-bond donors (Lipinski definition) is 2. The van der Waals surface area contributed by atoms with E-state index in [0.717, 1.165) is 24.9 Å². The van der Waals surface area contributed by atoms with Crippen LogP contribution < -0.4 is 10.6 Å². The van der Waals surface area contributed by atoms with E-state index in [9.17, 15) is 4.79 Å². The van der Waals surface area contributed by atoms with Crippen LogP contribution in [-0.4, -0.2) is 19.0 Å². The smallest absolute Gasteiger partial charge is 0.241 e. The number of carbonyl (C=O) groups excluding carboxylic acids is 1. The lowest BCUT2D eigenvalue weighted by Crippen LogP contribution is -2.41. The monoisotopic (exact) mass is 244 g/mol. The Morgan fingerprint density at radius 1 is 1.50 bits per heavy atom. The number of nitrogens with one attached hydrogen (secondary N) is 2. The van der Waals surface area contributed by atoms with E-state index in [-0.39, 0.29) is 11.9 Å². The van der Waals surface area contributed by atoms with Gasteiger partial charge < -0.3 is 10.6 Å². The molecule has 96 valence electrons. The summed E-state index contributed by atoms with van der Waals surface area (Å²) >= 11 is 0. The van der Waals surface area contributed by atoms with Crippen molar-refractivity contribution < 1.29 is 4.79 Å². The van der Waals surface area contributed by atoms with Crippen LogP contribution in [0.25, 0.3) is 0 Å². The second-order valence-electron chi connectivity index (χ2n) is 4.48. The Bertz CT molecular complexity index is 440. The summed E-state index contributed by atoms with van der Waals surface area (Å²) in [5.41, 5.74) is 2.40. The van der Waals surface area contributed by atoms with Crippen LogP contribution in [0.4, 0.5) is 0 Å². The Morgan fingerprint density at radius 2 is 2.33 bits per heavy atom. The largest absolute Gasteiger partial charge is 0.354 e. The van der Waals surface area contributed by atoms with Gasteiger partial charge in [-0.2, -0.15) is 0 Å². The van der Waals surface area contributed by atoms with Gasteiger partial charge in [-0.15, -0.1) is 0 Å². The summed E-state index contributed by atoms with van der Waals surface area (Å²) in [5, 5.41) is 6.26. The topological polar surface area (TPSA) is 41.1 Å². The third kappa shape index (κ3) is 2.99. The van der Waals surface area contributed by atoms with Gasteiger partial charge in [0.1, 0.15) is 6.04 Å². The molecule has 0 saturated heterocycles. The molecule has 0 bridgehead atoms. The van der Waals surface area contributed by atoms with Crippen molar-refractivity contribution in [3.8, 4) is 0 Å². The highest BCUT2D eigenvalue weighted by Crippen LogP contribution is 2.22. The van der Waals surface area contributed by atoms with Gasteiger partial charge in [0.25, 0.3) is 0 Å². The minimum absolute atomic E-state index is 0.0756. The molecular formula is C15H20N2O. The quantitative estimate of drug-likeness (QED) is 0.628. The zero-order valence-corrected chi connectivity index (χ0v) is 10.8. The summed E-state index contributed by atoms with van der Waals surface area (Å²) in [6.45, 7) is 3.55. The normalized spacial score (nSPS) is 18.6. The number of benzene rings is 1. The third-order valence-corrected chi connectivity index (χ3v) is 3.22. The molecule has 1 aromatic carbocycles. The van der Waals surface area contributed by atoms with E-state index in [2.05, 4.69) is 22.8 Å². The predicted octanol–water partition coefficient (Wildman–Crippen LogP) is 1.96. The molecule has 1 aliphatic heterocycles. The highest BCUT2D eigenvalue weighted by Gasteiger charge is 2.24. The van der Waals surface area contributed by atoms with Crippen molar-refractivity contribution >= 4 is 5.91 Å². The fraction of sp³-hybridized carbons (Fsp3) is 0.400. The van der Waals surface area contributed by atoms with Crippen molar-refractivity contribution in [3.63, 3.8) is 0 Å². The van der Waals surface area contributed by atoms with Gasteiger partial charge in [-0.25, -0.2) is 0 Å². The van der Waals surface area contributed by atoms with Crippen molar-refractivity contribution in [1.29, 1.82) is 0 Å². The fourth-order valence-electron chi connectivity index (χ4n) is 2.29. The lowest BCUT2D eigenvalue weighted by molar-refractivity contribution is -0.123. The van der Waals surface area contributed by atoms with Crippen LogP contribution in [0.2, 0.25) is 0 Å². The Morgan fingerprint density at radius 3 is 3.17 bits per heavy atom. The van der Waals surface area contributed by atoms with E-state index in [1.54, 1.807) is 0 Å². The molecule has 1 aromatic rings. The van der Waals surface area contributed by atoms with Gasteiger partial charge in [-0.05, 0) is 30.9 Å². The van der Waals surface area contributed by atoms with Gasteiger partial charge in [-0.1, -0.05) is 36.4 Å². The van der Waals surface area contributed by atoms with Gasteiger partial charge in [0, 0.05) is 13.1 Å². The Hall–Kier alpha value is -1.61. The van der Waals surface area contributed by atoms with Gasteiger partial charge in [0.2, 0.25) is 5.91 Å². The lowest BCUT2D eigenvalue weighted by atomic mass is 9.94. The molecule has 2 N–H and O–H groups in total. The van der Waals surface area contributed by atoms with E-state index >= 15 is 0 Å². The standard InChI is InChI=1S/C15H20N2O/c1-2-3-6-10-17-15(18)14-13-8-5-4-7-12(13)9-11-16-14/h2-5,7-8,14,16H,6,9-11H2,1H3,(H,17,18)/b3-2+. The number of allylic oxidation sites excluding steroid dienone is 1. The molecular weight excluding hydrogens is 224 g/mol. The molecule has 0 radical (unpaired) electrons. The summed E-state index contributed by atoms with van der Waals surface area (Å²) in [4.78, 5) is 12.1. The van der Waals surface area contributed by atoms with Crippen LogP contribution in [0.1, 0.15) is 30.5 Å². The number of hydrogen-bond acceptors (Lipinski definition) is 2. The van der Waals surface area contributed by atoms with Gasteiger partial charge >= 0.3 is 0 Å². The molecule has 0 fully saturated rings. The van der Waals surface area contributed by atoms with Crippen LogP contribution in [0, 0.1) is 0 Å². The van der Waals surface area contributed by atoms with Crippen LogP contribution >= 0.6 is 0 Å². The molecule has 3 heteroatoms. The first-order chi connectivity index (χ1) is 8.83. The van der Waals surface area contributed by atoms with Crippen LogP contribution in [0.5, 0.6) is 0 Å².